The fourth-order valence-electron chi connectivity index (χ4n) is 5.75. The summed E-state index contributed by atoms with van der Waals surface area (Å²) in [6.45, 7) is 5.87. The second-order valence-electron chi connectivity index (χ2n) is 13.6. The van der Waals surface area contributed by atoms with E-state index < -0.39 is 89.6 Å². The average molecular weight is 760 g/mol. The second-order valence-corrected chi connectivity index (χ2v) is 15.5. The summed E-state index contributed by atoms with van der Waals surface area (Å²) in [5, 5.41) is 23.4. The van der Waals surface area contributed by atoms with E-state index in [-0.39, 0.29) is 31.0 Å². The highest BCUT2D eigenvalue weighted by atomic mass is 32.2. The number of hydrogen-bond donors (Lipinski definition) is 8. The lowest BCUT2D eigenvalue weighted by Crippen LogP contribution is -2.58. The fraction of sp³-hybridized carbons (Fsp3) is 0.515. The van der Waals surface area contributed by atoms with Crippen LogP contribution in [0.3, 0.4) is 0 Å². The first-order chi connectivity index (χ1) is 24.5. The number of primary amides is 1. The minimum atomic E-state index is -1.36. The van der Waals surface area contributed by atoms with Crippen molar-refractivity contribution in [3.63, 3.8) is 0 Å². The first-order valence-corrected chi connectivity index (χ1v) is 18.6. The van der Waals surface area contributed by atoms with E-state index >= 15 is 0 Å². The topological polar surface area (TPSA) is 268 Å². The number of aliphatic hydroxyl groups is 1. The zero-order valence-electron chi connectivity index (χ0n) is 29.3. The van der Waals surface area contributed by atoms with E-state index in [1.807, 2.05) is 6.92 Å². The standard InChI is InChI=1S/C33H45N9O8S2/c1-16-26(52-15-37-16)18-7-5-17(6-8-18)25-31(49)36-11-23(44)38-20(10-34)29(47)39-21(28(35)46)13-51-14-24(45)40-27(33(2,3)4)32(50)42-12-19(43)9-22(42)30(48)41-25/h5-8,15,19-22,25,27,43H,9-14,34H2,1-4H3,(H2,35,46)(H,36,49)(H,38,44)(H,39,47)(H,40,45)(H,41,48)/t19-,20+,21-,22+,25+,27-/m1/s1. The third kappa shape index (κ3) is 10.0. The average Bonchev–Trinajstić information content (AvgIpc) is 3.70. The normalized spacial score (nSPS) is 26.2. The zero-order valence-corrected chi connectivity index (χ0v) is 30.9. The summed E-state index contributed by atoms with van der Waals surface area (Å²) in [5.74, 6) is -5.56. The molecule has 19 heteroatoms. The van der Waals surface area contributed by atoms with Gasteiger partial charge in [-0.3, -0.25) is 33.6 Å². The maximum atomic E-state index is 14.1. The van der Waals surface area contributed by atoms with E-state index in [0.717, 1.165) is 27.9 Å². The number of thiazole rings is 1. The molecular formula is C33H45N9O8S2. The predicted molar refractivity (Wildman–Crippen MR) is 193 cm³/mol. The molecule has 7 amide bonds. The van der Waals surface area contributed by atoms with E-state index in [0.29, 0.717) is 5.56 Å². The van der Waals surface area contributed by atoms with Gasteiger partial charge in [-0.25, -0.2) is 4.98 Å². The number of nitrogens with one attached hydrogen (secondary N) is 5. The number of aryl methyl sites for hydroxylation is 1. The summed E-state index contributed by atoms with van der Waals surface area (Å²) in [6, 6.07) is 0.563. The molecular weight excluding hydrogens is 715 g/mol. The Morgan fingerprint density at radius 2 is 1.67 bits per heavy atom. The molecule has 0 unspecified atom stereocenters. The smallest absolute Gasteiger partial charge is 0.247 e. The van der Waals surface area contributed by atoms with Gasteiger partial charge in [-0.15, -0.1) is 23.1 Å². The van der Waals surface area contributed by atoms with Crippen molar-refractivity contribution in [3.8, 4) is 10.4 Å². The largest absolute Gasteiger partial charge is 0.391 e. The maximum absolute atomic E-state index is 14.1. The van der Waals surface area contributed by atoms with Gasteiger partial charge in [0.05, 0.1) is 34.5 Å². The lowest BCUT2D eigenvalue weighted by molar-refractivity contribution is -0.144. The summed E-state index contributed by atoms with van der Waals surface area (Å²) in [5.41, 5.74) is 14.1. The number of hydrogen-bond acceptors (Lipinski definition) is 12. The number of thioether (sulfide) groups is 1. The zero-order chi connectivity index (χ0) is 38.3. The third-order valence-electron chi connectivity index (χ3n) is 8.57. The molecule has 0 aliphatic carbocycles. The van der Waals surface area contributed by atoms with Crippen LogP contribution in [0, 0.1) is 12.3 Å². The number of nitrogens with zero attached hydrogens (tertiary/aromatic N) is 2. The quantitative estimate of drug-likeness (QED) is 0.170. The Morgan fingerprint density at radius 3 is 2.27 bits per heavy atom. The molecule has 2 aliphatic rings. The molecule has 0 saturated carbocycles. The van der Waals surface area contributed by atoms with Crippen molar-refractivity contribution in [2.75, 3.05) is 31.1 Å². The number of rotatable bonds is 4. The van der Waals surface area contributed by atoms with Crippen LogP contribution in [0.15, 0.2) is 29.8 Å². The van der Waals surface area contributed by atoms with Gasteiger partial charge in [-0.2, -0.15) is 0 Å². The Balaban J connectivity index is 1.69. The molecule has 4 rings (SSSR count). The molecule has 282 valence electrons. The molecule has 2 aromatic rings. The summed E-state index contributed by atoms with van der Waals surface area (Å²) in [6.07, 6.45) is -1.19. The van der Waals surface area contributed by atoms with Crippen molar-refractivity contribution in [2.24, 2.45) is 16.9 Å². The number of fused-ring (bicyclic) bond motifs is 1. The van der Waals surface area contributed by atoms with E-state index in [1.54, 1.807) is 50.5 Å². The Labute approximate surface area is 308 Å². The molecule has 3 heterocycles. The van der Waals surface area contributed by atoms with Crippen LogP contribution in [0.2, 0.25) is 0 Å². The number of carbonyl (C=O) groups excluding carboxylic acids is 7. The highest BCUT2D eigenvalue weighted by molar-refractivity contribution is 8.00. The monoisotopic (exact) mass is 759 g/mol. The fourth-order valence-corrected chi connectivity index (χ4v) is 7.43. The molecule has 52 heavy (non-hydrogen) atoms. The van der Waals surface area contributed by atoms with Crippen molar-refractivity contribution in [3.05, 3.63) is 41.0 Å². The Kier molecular flexibility index (Phi) is 13.4. The van der Waals surface area contributed by atoms with E-state index in [4.69, 9.17) is 11.5 Å². The highest BCUT2D eigenvalue weighted by Gasteiger charge is 2.45. The van der Waals surface area contributed by atoms with Gasteiger partial charge in [0.15, 0.2) is 0 Å². The van der Waals surface area contributed by atoms with Crippen LogP contribution in [0.1, 0.15) is 44.5 Å². The van der Waals surface area contributed by atoms with E-state index in [9.17, 15) is 38.7 Å². The number of amides is 7. The van der Waals surface area contributed by atoms with Crippen molar-refractivity contribution in [1.29, 1.82) is 0 Å². The Morgan fingerprint density at radius 1 is 0.981 bits per heavy atom. The summed E-state index contributed by atoms with van der Waals surface area (Å²) >= 11 is 2.41. The maximum Gasteiger partial charge on any atom is 0.247 e. The van der Waals surface area contributed by atoms with Gasteiger partial charge in [0.1, 0.15) is 30.2 Å². The van der Waals surface area contributed by atoms with Gasteiger partial charge in [0, 0.05) is 25.3 Å². The minimum Gasteiger partial charge on any atom is -0.391 e. The van der Waals surface area contributed by atoms with Gasteiger partial charge in [-0.1, -0.05) is 45.0 Å². The summed E-state index contributed by atoms with van der Waals surface area (Å²) in [7, 11) is 0. The Bertz CT molecular complexity index is 1680. The number of aromatic nitrogens is 1. The van der Waals surface area contributed by atoms with Crippen LogP contribution in [0.5, 0.6) is 0 Å². The first-order valence-electron chi connectivity index (χ1n) is 16.5. The summed E-state index contributed by atoms with van der Waals surface area (Å²) in [4.78, 5) is 99.2. The molecule has 0 bridgehead atoms. The van der Waals surface area contributed by atoms with Crippen molar-refractivity contribution in [1.82, 2.24) is 36.5 Å². The molecule has 10 N–H and O–H groups in total. The molecule has 1 aromatic heterocycles. The van der Waals surface area contributed by atoms with Gasteiger partial charge in [0.25, 0.3) is 0 Å². The minimum absolute atomic E-state index is 0.114. The number of nitrogens with two attached hydrogens (primary N) is 2. The van der Waals surface area contributed by atoms with Crippen LogP contribution >= 0.6 is 23.1 Å². The molecule has 0 radical (unpaired) electrons. The van der Waals surface area contributed by atoms with Gasteiger partial charge >= 0.3 is 0 Å². The molecule has 17 nitrogen and oxygen atoms in total. The molecule has 6 atom stereocenters. The van der Waals surface area contributed by atoms with Crippen LogP contribution < -0.4 is 38.1 Å². The second kappa shape index (κ2) is 17.3. The molecule has 2 saturated heterocycles. The Hall–Kier alpha value is -4.59. The lowest BCUT2D eigenvalue weighted by atomic mass is 9.85. The molecule has 0 spiro atoms. The molecule has 1 aromatic carbocycles. The van der Waals surface area contributed by atoms with Crippen molar-refractivity contribution >= 4 is 64.4 Å². The van der Waals surface area contributed by atoms with Gasteiger partial charge in [-0.05, 0) is 23.5 Å². The van der Waals surface area contributed by atoms with Gasteiger partial charge < -0.3 is 48.1 Å². The van der Waals surface area contributed by atoms with Gasteiger partial charge in [0.2, 0.25) is 41.4 Å². The van der Waals surface area contributed by atoms with Crippen molar-refractivity contribution < 1.29 is 38.7 Å². The van der Waals surface area contributed by atoms with Crippen LogP contribution in [0.4, 0.5) is 0 Å². The van der Waals surface area contributed by atoms with Crippen LogP contribution in [0.25, 0.3) is 10.4 Å². The number of benzene rings is 1. The number of carbonyl (C=O) groups is 7. The molecule has 2 aliphatic heterocycles. The first kappa shape index (κ1) is 40.2. The van der Waals surface area contributed by atoms with Crippen LogP contribution in [-0.4, -0.2) is 118 Å². The van der Waals surface area contributed by atoms with E-state index in [1.165, 1.54) is 16.2 Å². The molecule has 2 fully saturated rings. The highest BCUT2D eigenvalue weighted by Crippen LogP contribution is 2.30. The summed E-state index contributed by atoms with van der Waals surface area (Å²) < 4.78 is 0. The predicted octanol–water partition coefficient (Wildman–Crippen LogP) is -1.95. The lowest BCUT2D eigenvalue weighted by Gasteiger charge is -2.35. The third-order valence-corrected chi connectivity index (χ3v) is 10.6. The van der Waals surface area contributed by atoms with E-state index in [2.05, 4.69) is 31.6 Å². The SMILES string of the molecule is Cc1ncsc1-c1ccc([C@@H]2NC(=O)[C@@H]3C[C@@H](O)CN3C(=O)[C@H](C(C)(C)C)NC(=O)CSC[C@H](C(N)=O)NC(=O)[C@H](CN)NC(=O)CNC2=O)cc1. The van der Waals surface area contributed by atoms with Crippen molar-refractivity contribution in [2.45, 2.75) is 70.4 Å². The van der Waals surface area contributed by atoms with Crippen LogP contribution in [-0.2, 0) is 33.6 Å². The number of aliphatic hydroxyl groups excluding tert-OH is 1.